The molecule has 0 N–H and O–H groups in total. The molecule has 0 saturated carbocycles. The molecule has 4 heterocycles. The first-order valence-electron chi connectivity index (χ1n) is 10.5. The van der Waals surface area contributed by atoms with Crippen LogP contribution >= 0.6 is 11.6 Å². The van der Waals surface area contributed by atoms with Crippen LogP contribution < -0.4 is 0 Å². The van der Waals surface area contributed by atoms with Gasteiger partial charge >= 0.3 is 0 Å². The van der Waals surface area contributed by atoms with Crippen LogP contribution in [0.4, 0.5) is 0 Å². The summed E-state index contributed by atoms with van der Waals surface area (Å²) < 4.78 is 3.70. The molecule has 0 aliphatic carbocycles. The molecule has 0 atom stereocenters. The molecule has 1 aliphatic heterocycles. The largest absolute Gasteiger partial charge is 0.304 e. The molecule has 1 saturated heterocycles. The Labute approximate surface area is 186 Å². The molecule has 8 nitrogen and oxygen atoms in total. The highest BCUT2D eigenvalue weighted by Gasteiger charge is 2.22. The van der Waals surface area contributed by atoms with Crippen molar-refractivity contribution in [3.05, 3.63) is 47.7 Å². The van der Waals surface area contributed by atoms with Gasteiger partial charge in [-0.3, -0.25) is 9.58 Å². The van der Waals surface area contributed by atoms with Crippen LogP contribution in [0.5, 0.6) is 0 Å². The molecule has 1 aromatic carbocycles. The lowest BCUT2D eigenvalue weighted by Gasteiger charge is -2.32. The molecule has 1 aliphatic rings. The molecule has 0 radical (unpaired) electrons. The molecular weight excluding hydrogens is 412 g/mol. The minimum absolute atomic E-state index is 0.570. The quantitative estimate of drug-likeness (QED) is 0.479. The van der Waals surface area contributed by atoms with Gasteiger partial charge in [0.2, 0.25) is 0 Å². The van der Waals surface area contributed by atoms with Crippen molar-refractivity contribution in [2.75, 3.05) is 39.8 Å². The predicted octanol–water partition coefficient (Wildman–Crippen LogP) is 2.79. The zero-order chi connectivity index (χ0) is 21.4. The number of fused-ring (bicyclic) bond motifs is 1. The molecule has 5 rings (SSSR count). The second kappa shape index (κ2) is 8.37. The molecule has 4 aromatic rings. The topological polar surface area (TPSA) is 67.9 Å². The fourth-order valence-corrected chi connectivity index (χ4v) is 4.33. The normalized spacial score (nSPS) is 15.7. The van der Waals surface area contributed by atoms with E-state index in [2.05, 4.69) is 32.1 Å². The standard InChI is InChI=1S/C22H25ClN8/c1-28-8-10-30(11-9-28)12-13-31-22-18(20(27-31)17-14-24-29(2)15-17)19(23)21(25-26-22)16-6-4-3-5-7-16/h3-7,14-15H,8-13H2,1-2H3. The number of hydrogen-bond donors (Lipinski definition) is 0. The van der Waals surface area contributed by atoms with E-state index in [-0.39, 0.29) is 0 Å². The van der Waals surface area contributed by atoms with E-state index < -0.39 is 0 Å². The van der Waals surface area contributed by atoms with Crippen LogP contribution in [0.3, 0.4) is 0 Å². The minimum atomic E-state index is 0.570. The molecule has 9 heteroatoms. The van der Waals surface area contributed by atoms with Crippen LogP contribution in [-0.2, 0) is 13.6 Å². The number of hydrogen-bond acceptors (Lipinski definition) is 6. The molecule has 0 amide bonds. The van der Waals surface area contributed by atoms with Crippen molar-refractivity contribution in [1.82, 2.24) is 39.6 Å². The van der Waals surface area contributed by atoms with Gasteiger partial charge in [-0.25, -0.2) is 4.68 Å². The summed E-state index contributed by atoms with van der Waals surface area (Å²) in [6.07, 6.45) is 3.76. The summed E-state index contributed by atoms with van der Waals surface area (Å²) in [6.45, 7) is 5.96. The fraction of sp³-hybridized carbons (Fsp3) is 0.364. The Bertz CT molecular complexity index is 1190. The van der Waals surface area contributed by atoms with Crippen molar-refractivity contribution in [3.8, 4) is 22.5 Å². The third kappa shape index (κ3) is 3.94. The van der Waals surface area contributed by atoms with Gasteiger partial charge in [0.05, 0.1) is 23.2 Å². The summed E-state index contributed by atoms with van der Waals surface area (Å²) in [5.41, 5.74) is 4.01. The van der Waals surface area contributed by atoms with Crippen LogP contribution in [0.25, 0.3) is 33.5 Å². The van der Waals surface area contributed by atoms with Crippen LogP contribution in [0, 0.1) is 0 Å². The summed E-state index contributed by atoms with van der Waals surface area (Å²) >= 11 is 6.92. The second-order valence-corrected chi connectivity index (χ2v) is 8.42. The van der Waals surface area contributed by atoms with Gasteiger partial charge in [-0.15, -0.1) is 10.2 Å². The van der Waals surface area contributed by atoms with Crippen LogP contribution in [0.15, 0.2) is 42.7 Å². The van der Waals surface area contributed by atoms with Crippen LogP contribution in [0.2, 0.25) is 5.02 Å². The summed E-state index contributed by atoms with van der Waals surface area (Å²) in [4.78, 5) is 4.82. The molecule has 0 spiro atoms. The van der Waals surface area contributed by atoms with Gasteiger partial charge in [-0.1, -0.05) is 41.9 Å². The van der Waals surface area contributed by atoms with Crippen molar-refractivity contribution in [2.45, 2.75) is 6.54 Å². The molecule has 31 heavy (non-hydrogen) atoms. The van der Waals surface area contributed by atoms with Gasteiger partial charge in [-0.05, 0) is 7.05 Å². The average molecular weight is 437 g/mol. The minimum Gasteiger partial charge on any atom is -0.304 e. The van der Waals surface area contributed by atoms with Crippen LogP contribution in [-0.4, -0.2) is 79.3 Å². The van der Waals surface area contributed by atoms with Gasteiger partial charge in [0.15, 0.2) is 5.65 Å². The first kappa shape index (κ1) is 20.1. The number of aromatic nitrogens is 6. The van der Waals surface area contributed by atoms with Crippen molar-refractivity contribution in [1.29, 1.82) is 0 Å². The monoisotopic (exact) mass is 436 g/mol. The first-order valence-corrected chi connectivity index (χ1v) is 10.9. The van der Waals surface area contributed by atoms with E-state index in [1.807, 2.05) is 54.5 Å². The summed E-state index contributed by atoms with van der Waals surface area (Å²) in [7, 11) is 4.06. The van der Waals surface area contributed by atoms with Crippen molar-refractivity contribution < 1.29 is 0 Å². The highest BCUT2D eigenvalue weighted by molar-refractivity contribution is 6.38. The lowest BCUT2D eigenvalue weighted by atomic mass is 10.1. The average Bonchev–Trinajstić information content (AvgIpc) is 3.38. The number of piperazine rings is 1. The lowest BCUT2D eigenvalue weighted by molar-refractivity contribution is 0.149. The Balaban J connectivity index is 1.56. The van der Waals surface area contributed by atoms with E-state index in [4.69, 9.17) is 16.7 Å². The number of benzene rings is 1. The maximum Gasteiger partial charge on any atom is 0.182 e. The van der Waals surface area contributed by atoms with E-state index in [0.29, 0.717) is 16.4 Å². The number of nitrogens with zero attached hydrogens (tertiary/aromatic N) is 8. The van der Waals surface area contributed by atoms with Crippen molar-refractivity contribution in [2.24, 2.45) is 7.05 Å². The Kier molecular flexibility index (Phi) is 5.43. The molecule has 0 unspecified atom stereocenters. The molecule has 160 valence electrons. The predicted molar refractivity (Wildman–Crippen MR) is 122 cm³/mol. The zero-order valence-corrected chi connectivity index (χ0v) is 18.5. The number of halogens is 1. The van der Waals surface area contributed by atoms with E-state index >= 15 is 0 Å². The van der Waals surface area contributed by atoms with E-state index in [1.165, 1.54) is 0 Å². The highest BCUT2D eigenvalue weighted by atomic mass is 35.5. The van der Waals surface area contributed by atoms with Gasteiger partial charge in [0.1, 0.15) is 11.4 Å². The second-order valence-electron chi connectivity index (χ2n) is 8.05. The molecule has 1 fully saturated rings. The van der Waals surface area contributed by atoms with Gasteiger partial charge in [0.25, 0.3) is 0 Å². The van der Waals surface area contributed by atoms with E-state index in [9.17, 15) is 0 Å². The third-order valence-corrected chi connectivity index (χ3v) is 6.22. The maximum absolute atomic E-state index is 6.92. The van der Waals surface area contributed by atoms with E-state index in [0.717, 1.165) is 61.5 Å². The molecule has 0 bridgehead atoms. The Morgan fingerprint density at radius 3 is 2.39 bits per heavy atom. The number of aryl methyl sites for hydroxylation is 1. The van der Waals surface area contributed by atoms with E-state index in [1.54, 1.807) is 4.68 Å². The first-order chi connectivity index (χ1) is 15.1. The van der Waals surface area contributed by atoms with Crippen molar-refractivity contribution >= 4 is 22.6 Å². The summed E-state index contributed by atoms with van der Waals surface area (Å²) in [5, 5.41) is 19.6. The van der Waals surface area contributed by atoms with Crippen molar-refractivity contribution in [3.63, 3.8) is 0 Å². The fourth-order valence-electron chi connectivity index (χ4n) is 4.01. The SMILES string of the molecule is CN1CCN(CCn2nc(-c3cnn(C)c3)c3c(Cl)c(-c4ccccc4)nnc32)CC1. The zero-order valence-electron chi connectivity index (χ0n) is 17.7. The smallest absolute Gasteiger partial charge is 0.182 e. The highest BCUT2D eigenvalue weighted by Crippen LogP contribution is 2.37. The van der Waals surface area contributed by atoms with Gasteiger partial charge in [0, 0.05) is 57.1 Å². The summed E-state index contributed by atoms with van der Waals surface area (Å²) in [5.74, 6) is 0. The lowest BCUT2D eigenvalue weighted by Crippen LogP contribution is -2.45. The van der Waals surface area contributed by atoms with Crippen LogP contribution in [0.1, 0.15) is 0 Å². The molecule has 3 aromatic heterocycles. The number of likely N-dealkylation sites (N-methyl/N-ethyl adjacent to an activating group) is 1. The third-order valence-electron chi connectivity index (χ3n) is 5.85. The van der Waals surface area contributed by atoms with Gasteiger partial charge < -0.3 is 4.90 Å². The Morgan fingerprint density at radius 2 is 1.68 bits per heavy atom. The van der Waals surface area contributed by atoms with Gasteiger partial charge in [-0.2, -0.15) is 10.2 Å². The Hall–Kier alpha value is -2.81. The Morgan fingerprint density at radius 1 is 0.903 bits per heavy atom. The maximum atomic E-state index is 6.92. The number of rotatable bonds is 5. The summed E-state index contributed by atoms with van der Waals surface area (Å²) in [6, 6.07) is 9.89. The molecular formula is C22H25ClN8.